The van der Waals surface area contributed by atoms with E-state index in [1.54, 1.807) is 0 Å². The minimum atomic E-state index is 0.119. The van der Waals surface area contributed by atoms with Gasteiger partial charge in [-0.2, -0.15) is 5.10 Å². The van der Waals surface area contributed by atoms with E-state index in [0.29, 0.717) is 0 Å². The molecule has 0 unspecified atom stereocenters. The first-order valence-electron chi connectivity index (χ1n) is 9.67. The van der Waals surface area contributed by atoms with E-state index in [1.165, 1.54) is 5.56 Å². The molecular formula is C23H25N3O. The highest BCUT2D eigenvalue weighted by Gasteiger charge is 2.30. The summed E-state index contributed by atoms with van der Waals surface area (Å²) in [4.78, 5) is 15.1. The Balaban J connectivity index is 1.56. The van der Waals surface area contributed by atoms with Crippen molar-refractivity contribution in [2.45, 2.75) is 39.3 Å². The van der Waals surface area contributed by atoms with E-state index in [-0.39, 0.29) is 11.9 Å². The number of likely N-dealkylation sites (tertiary alicyclic amines) is 1. The molecule has 138 valence electrons. The molecule has 1 aromatic heterocycles. The molecule has 0 saturated carbocycles. The summed E-state index contributed by atoms with van der Waals surface area (Å²) in [5.74, 6) is 0.119. The standard InChI is InChI=1S/C23H25N3O/c1-3-25-16-21(17(2)24-25)18-11-13-20(14-12-18)23(27)26-15-7-10-22(26)19-8-5-4-6-9-19/h4-6,8-9,11-14,16,22H,3,7,10,15H2,1-2H3/t22-/m0/s1. The molecule has 0 radical (unpaired) electrons. The molecule has 1 amide bonds. The third kappa shape index (κ3) is 3.39. The predicted molar refractivity (Wildman–Crippen MR) is 108 cm³/mol. The van der Waals surface area contributed by atoms with Gasteiger partial charge in [0.25, 0.3) is 5.91 Å². The van der Waals surface area contributed by atoms with Crippen LogP contribution in [0.15, 0.2) is 60.8 Å². The summed E-state index contributed by atoms with van der Waals surface area (Å²) in [6.07, 6.45) is 4.15. The smallest absolute Gasteiger partial charge is 0.254 e. The third-order valence-corrected chi connectivity index (χ3v) is 5.41. The van der Waals surface area contributed by atoms with Crippen LogP contribution in [0.5, 0.6) is 0 Å². The van der Waals surface area contributed by atoms with Crippen molar-refractivity contribution in [2.75, 3.05) is 6.54 Å². The topological polar surface area (TPSA) is 38.1 Å². The molecule has 4 heteroatoms. The number of aryl methyl sites for hydroxylation is 2. The number of benzene rings is 2. The van der Waals surface area contributed by atoms with E-state index in [9.17, 15) is 4.79 Å². The van der Waals surface area contributed by atoms with Crippen molar-refractivity contribution >= 4 is 5.91 Å². The van der Waals surface area contributed by atoms with Crippen LogP contribution >= 0.6 is 0 Å². The first-order valence-corrected chi connectivity index (χ1v) is 9.67. The Morgan fingerprint density at radius 3 is 2.52 bits per heavy atom. The van der Waals surface area contributed by atoms with Crippen molar-refractivity contribution in [3.05, 3.63) is 77.6 Å². The first-order chi connectivity index (χ1) is 13.2. The lowest BCUT2D eigenvalue weighted by Gasteiger charge is -2.25. The van der Waals surface area contributed by atoms with Crippen LogP contribution < -0.4 is 0 Å². The van der Waals surface area contributed by atoms with Crippen LogP contribution in [-0.2, 0) is 6.54 Å². The van der Waals surface area contributed by atoms with Crippen LogP contribution in [0.3, 0.4) is 0 Å². The van der Waals surface area contributed by atoms with Gasteiger partial charge in [0.05, 0.1) is 11.7 Å². The van der Waals surface area contributed by atoms with Gasteiger partial charge in [0, 0.05) is 30.4 Å². The van der Waals surface area contributed by atoms with Crippen LogP contribution in [0.2, 0.25) is 0 Å². The molecule has 1 saturated heterocycles. The Bertz CT molecular complexity index is 928. The maximum atomic E-state index is 13.1. The molecule has 1 aliphatic heterocycles. The molecule has 0 N–H and O–H groups in total. The van der Waals surface area contributed by atoms with Gasteiger partial charge in [-0.15, -0.1) is 0 Å². The Morgan fingerprint density at radius 2 is 1.85 bits per heavy atom. The van der Waals surface area contributed by atoms with Crippen molar-refractivity contribution in [2.24, 2.45) is 0 Å². The molecule has 0 spiro atoms. The van der Waals surface area contributed by atoms with E-state index >= 15 is 0 Å². The van der Waals surface area contributed by atoms with Gasteiger partial charge in [0.15, 0.2) is 0 Å². The lowest BCUT2D eigenvalue weighted by atomic mass is 10.0. The van der Waals surface area contributed by atoms with Gasteiger partial charge in [-0.3, -0.25) is 9.48 Å². The van der Waals surface area contributed by atoms with Crippen LogP contribution in [-0.4, -0.2) is 27.1 Å². The van der Waals surface area contributed by atoms with Crippen LogP contribution in [0.25, 0.3) is 11.1 Å². The molecule has 1 atom stereocenters. The molecule has 2 aromatic carbocycles. The number of rotatable bonds is 4. The lowest BCUT2D eigenvalue weighted by Crippen LogP contribution is -2.30. The van der Waals surface area contributed by atoms with E-state index in [2.05, 4.69) is 30.4 Å². The second-order valence-electron chi connectivity index (χ2n) is 7.13. The van der Waals surface area contributed by atoms with E-state index in [1.807, 2.05) is 59.0 Å². The van der Waals surface area contributed by atoms with E-state index < -0.39 is 0 Å². The van der Waals surface area contributed by atoms with Crippen molar-refractivity contribution in [3.8, 4) is 11.1 Å². The number of carbonyl (C=O) groups excluding carboxylic acids is 1. The second-order valence-corrected chi connectivity index (χ2v) is 7.13. The SMILES string of the molecule is CCn1cc(-c2ccc(C(=O)N3CCC[C@H]3c3ccccc3)cc2)c(C)n1. The number of aromatic nitrogens is 2. The summed E-state index contributed by atoms with van der Waals surface area (Å²) in [6, 6.07) is 18.5. The Morgan fingerprint density at radius 1 is 1.11 bits per heavy atom. The highest BCUT2D eigenvalue weighted by atomic mass is 16.2. The quantitative estimate of drug-likeness (QED) is 0.667. The summed E-state index contributed by atoms with van der Waals surface area (Å²) in [5.41, 5.74) is 5.22. The number of hydrogen-bond acceptors (Lipinski definition) is 2. The summed E-state index contributed by atoms with van der Waals surface area (Å²) in [7, 11) is 0. The predicted octanol–water partition coefficient (Wildman–Crippen LogP) is 4.86. The number of carbonyl (C=O) groups is 1. The van der Waals surface area contributed by atoms with Gasteiger partial charge >= 0.3 is 0 Å². The minimum Gasteiger partial charge on any atom is -0.332 e. The molecule has 0 bridgehead atoms. The van der Waals surface area contributed by atoms with Crippen molar-refractivity contribution < 1.29 is 4.79 Å². The van der Waals surface area contributed by atoms with Gasteiger partial charge in [0.2, 0.25) is 0 Å². The number of nitrogens with zero attached hydrogens (tertiary/aromatic N) is 3. The maximum absolute atomic E-state index is 13.1. The van der Waals surface area contributed by atoms with Crippen molar-refractivity contribution in [3.63, 3.8) is 0 Å². The van der Waals surface area contributed by atoms with Crippen LogP contribution in [0.4, 0.5) is 0 Å². The van der Waals surface area contributed by atoms with E-state index in [4.69, 9.17) is 0 Å². The average Bonchev–Trinajstić information content (AvgIpc) is 3.35. The van der Waals surface area contributed by atoms with Crippen molar-refractivity contribution in [1.29, 1.82) is 0 Å². The molecule has 0 aliphatic carbocycles. The molecule has 3 aromatic rings. The van der Waals surface area contributed by atoms with E-state index in [0.717, 1.165) is 48.3 Å². The van der Waals surface area contributed by atoms with Crippen LogP contribution in [0, 0.1) is 6.92 Å². The largest absolute Gasteiger partial charge is 0.332 e. The maximum Gasteiger partial charge on any atom is 0.254 e. The monoisotopic (exact) mass is 359 g/mol. The Hall–Kier alpha value is -2.88. The zero-order chi connectivity index (χ0) is 18.8. The highest BCUT2D eigenvalue weighted by Crippen LogP contribution is 2.33. The normalized spacial score (nSPS) is 16.7. The highest BCUT2D eigenvalue weighted by molar-refractivity contribution is 5.95. The molecule has 4 nitrogen and oxygen atoms in total. The molecule has 1 aliphatic rings. The second kappa shape index (κ2) is 7.39. The van der Waals surface area contributed by atoms with Gasteiger partial charge in [-0.1, -0.05) is 42.5 Å². The summed E-state index contributed by atoms with van der Waals surface area (Å²) >= 11 is 0. The fourth-order valence-electron chi connectivity index (χ4n) is 3.95. The van der Waals surface area contributed by atoms with Gasteiger partial charge < -0.3 is 4.90 Å². The fraction of sp³-hybridized carbons (Fsp3) is 0.304. The number of amides is 1. The van der Waals surface area contributed by atoms with Gasteiger partial charge in [0.1, 0.15) is 0 Å². The minimum absolute atomic E-state index is 0.119. The Kier molecular flexibility index (Phi) is 4.80. The molecule has 4 rings (SSSR count). The van der Waals surface area contributed by atoms with Gasteiger partial charge in [-0.25, -0.2) is 0 Å². The van der Waals surface area contributed by atoms with Gasteiger partial charge in [-0.05, 0) is 49.9 Å². The number of hydrogen-bond donors (Lipinski definition) is 0. The molecule has 27 heavy (non-hydrogen) atoms. The summed E-state index contributed by atoms with van der Waals surface area (Å²) < 4.78 is 1.94. The van der Waals surface area contributed by atoms with Crippen LogP contribution in [0.1, 0.15) is 47.4 Å². The lowest BCUT2D eigenvalue weighted by molar-refractivity contribution is 0.0735. The molecular weight excluding hydrogens is 334 g/mol. The third-order valence-electron chi connectivity index (χ3n) is 5.41. The zero-order valence-corrected chi connectivity index (χ0v) is 15.9. The summed E-state index contributed by atoms with van der Waals surface area (Å²) in [6.45, 7) is 5.78. The zero-order valence-electron chi connectivity index (χ0n) is 15.9. The fourth-order valence-corrected chi connectivity index (χ4v) is 3.95. The van der Waals surface area contributed by atoms with Crippen molar-refractivity contribution in [1.82, 2.24) is 14.7 Å². The molecule has 1 fully saturated rings. The molecule has 2 heterocycles. The average molecular weight is 359 g/mol. The first kappa shape index (κ1) is 17.5. The Labute approximate surface area is 160 Å². The summed E-state index contributed by atoms with van der Waals surface area (Å²) in [5, 5.41) is 4.51.